The Labute approximate surface area is 207 Å². The van der Waals surface area contributed by atoms with Crippen molar-refractivity contribution in [1.82, 2.24) is 4.72 Å². The normalized spacial score (nSPS) is 11.7. The van der Waals surface area contributed by atoms with Crippen LogP contribution in [0.25, 0.3) is 0 Å². The Kier molecular flexibility index (Phi) is 7.20. The molecule has 4 rings (SSSR count). The maximum Gasteiger partial charge on any atom is 0.261 e. The van der Waals surface area contributed by atoms with Gasteiger partial charge in [-0.2, -0.15) is 0 Å². The van der Waals surface area contributed by atoms with Gasteiger partial charge in [0.2, 0.25) is 10.0 Å². The largest absolute Gasteiger partial charge is 0.468 e. The van der Waals surface area contributed by atoms with E-state index in [2.05, 4.69) is 14.8 Å². The Morgan fingerprint density at radius 1 is 0.750 bits per heavy atom. The lowest BCUT2D eigenvalue weighted by atomic mass is 10.2. The summed E-state index contributed by atoms with van der Waals surface area (Å²) >= 11 is 0. The number of furan rings is 1. The molecule has 9 nitrogen and oxygen atoms in total. The van der Waals surface area contributed by atoms with Crippen LogP contribution in [0.3, 0.4) is 0 Å². The van der Waals surface area contributed by atoms with Gasteiger partial charge >= 0.3 is 0 Å². The van der Waals surface area contributed by atoms with E-state index >= 15 is 0 Å². The minimum Gasteiger partial charge on any atom is -0.468 e. The molecule has 0 bridgehead atoms. The molecule has 3 aromatic carbocycles. The minimum absolute atomic E-state index is 0.00104. The number of benzene rings is 3. The second kappa shape index (κ2) is 10.3. The molecular formula is C24H20FN3O6S2. The topological polar surface area (TPSA) is 135 Å². The third kappa shape index (κ3) is 6.16. The summed E-state index contributed by atoms with van der Waals surface area (Å²) in [6.45, 7) is -0.00104. The first-order valence-corrected chi connectivity index (χ1v) is 13.4. The van der Waals surface area contributed by atoms with Gasteiger partial charge in [0, 0.05) is 16.9 Å². The van der Waals surface area contributed by atoms with E-state index in [4.69, 9.17) is 4.42 Å². The molecule has 4 aromatic rings. The van der Waals surface area contributed by atoms with Crippen molar-refractivity contribution in [2.45, 2.75) is 16.3 Å². The van der Waals surface area contributed by atoms with Gasteiger partial charge in [0.05, 0.1) is 22.6 Å². The smallest absolute Gasteiger partial charge is 0.261 e. The van der Waals surface area contributed by atoms with Crippen molar-refractivity contribution in [3.8, 4) is 0 Å². The number of hydrogen-bond acceptors (Lipinski definition) is 6. The Morgan fingerprint density at radius 2 is 1.33 bits per heavy atom. The van der Waals surface area contributed by atoms with Gasteiger partial charge in [-0.15, -0.1) is 0 Å². The molecule has 1 aromatic heterocycles. The summed E-state index contributed by atoms with van der Waals surface area (Å²) in [4.78, 5) is 12.5. The Bertz CT molecular complexity index is 1550. The van der Waals surface area contributed by atoms with Crippen LogP contribution in [0, 0.1) is 5.82 Å². The molecule has 12 heteroatoms. The molecule has 0 spiro atoms. The molecule has 0 unspecified atom stereocenters. The van der Waals surface area contributed by atoms with Gasteiger partial charge in [-0.25, -0.2) is 25.9 Å². The van der Waals surface area contributed by atoms with Crippen molar-refractivity contribution in [3.05, 3.63) is 108 Å². The van der Waals surface area contributed by atoms with Gasteiger partial charge in [0.1, 0.15) is 11.6 Å². The van der Waals surface area contributed by atoms with Gasteiger partial charge in [-0.3, -0.25) is 9.52 Å². The zero-order chi connectivity index (χ0) is 25.8. The molecule has 0 fully saturated rings. The van der Waals surface area contributed by atoms with Crippen LogP contribution in [0.5, 0.6) is 0 Å². The fraction of sp³-hybridized carbons (Fsp3) is 0.0417. The molecular weight excluding hydrogens is 509 g/mol. The van der Waals surface area contributed by atoms with E-state index in [0.29, 0.717) is 11.4 Å². The fourth-order valence-electron chi connectivity index (χ4n) is 3.10. The highest BCUT2D eigenvalue weighted by atomic mass is 32.2. The average Bonchev–Trinajstić information content (AvgIpc) is 3.38. The van der Waals surface area contributed by atoms with Crippen LogP contribution in [-0.4, -0.2) is 22.7 Å². The summed E-state index contributed by atoms with van der Waals surface area (Å²) < 4.78 is 72.7. The van der Waals surface area contributed by atoms with Crippen LogP contribution < -0.4 is 14.8 Å². The van der Waals surface area contributed by atoms with Crippen molar-refractivity contribution >= 4 is 37.3 Å². The molecule has 186 valence electrons. The second-order valence-corrected chi connectivity index (χ2v) is 11.0. The third-order valence-electron chi connectivity index (χ3n) is 4.96. The number of anilines is 2. The van der Waals surface area contributed by atoms with E-state index in [0.717, 1.165) is 12.1 Å². The van der Waals surface area contributed by atoms with Crippen LogP contribution >= 0.6 is 0 Å². The summed E-state index contributed by atoms with van der Waals surface area (Å²) in [5, 5.41) is 2.62. The van der Waals surface area contributed by atoms with Crippen molar-refractivity contribution in [2.24, 2.45) is 0 Å². The highest BCUT2D eigenvalue weighted by Crippen LogP contribution is 2.19. The molecule has 0 aliphatic heterocycles. The van der Waals surface area contributed by atoms with E-state index in [1.165, 1.54) is 66.9 Å². The van der Waals surface area contributed by atoms with Crippen LogP contribution in [-0.2, 0) is 26.6 Å². The van der Waals surface area contributed by atoms with Crippen LogP contribution in [0.2, 0.25) is 0 Å². The van der Waals surface area contributed by atoms with Crippen molar-refractivity contribution in [1.29, 1.82) is 0 Å². The van der Waals surface area contributed by atoms with Gasteiger partial charge in [0.25, 0.3) is 15.9 Å². The van der Waals surface area contributed by atoms with Crippen LogP contribution in [0.1, 0.15) is 16.1 Å². The number of carbonyl (C=O) groups is 1. The number of halogens is 1. The van der Waals surface area contributed by atoms with Crippen molar-refractivity contribution in [3.63, 3.8) is 0 Å². The second-order valence-electron chi connectivity index (χ2n) is 7.52. The first-order valence-electron chi connectivity index (χ1n) is 10.4. The number of carbonyl (C=O) groups excluding carboxylic acids is 1. The Morgan fingerprint density at radius 3 is 1.94 bits per heavy atom. The molecule has 0 radical (unpaired) electrons. The molecule has 1 amide bonds. The lowest BCUT2D eigenvalue weighted by molar-refractivity contribution is 0.102. The van der Waals surface area contributed by atoms with E-state index in [-0.39, 0.29) is 27.6 Å². The Hall–Kier alpha value is -4.00. The minimum atomic E-state index is -3.94. The molecule has 0 aliphatic rings. The van der Waals surface area contributed by atoms with Gasteiger partial charge in [-0.1, -0.05) is 0 Å². The van der Waals surface area contributed by atoms with E-state index in [1.54, 1.807) is 12.1 Å². The lowest BCUT2D eigenvalue weighted by Gasteiger charge is -2.10. The summed E-state index contributed by atoms with van der Waals surface area (Å²) in [6.07, 6.45) is 1.44. The van der Waals surface area contributed by atoms with Crippen LogP contribution in [0.4, 0.5) is 15.8 Å². The fourth-order valence-corrected chi connectivity index (χ4v) is 5.15. The molecule has 36 heavy (non-hydrogen) atoms. The van der Waals surface area contributed by atoms with Gasteiger partial charge in [-0.05, 0) is 84.9 Å². The van der Waals surface area contributed by atoms with E-state index < -0.39 is 31.8 Å². The predicted octanol–water partition coefficient (Wildman–Crippen LogP) is 3.95. The average molecular weight is 530 g/mol. The van der Waals surface area contributed by atoms with Crippen molar-refractivity contribution < 1.29 is 30.4 Å². The molecule has 0 saturated carbocycles. The number of amides is 1. The number of hydrogen-bond donors (Lipinski definition) is 3. The Balaban J connectivity index is 1.38. The lowest BCUT2D eigenvalue weighted by Crippen LogP contribution is -2.23. The van der Waals surface area contributed by atoms with E-state index in [9.17, 15) is 26.0 Å². The molecule has 0 saturated heterocycles. The summed E-state index contributed by atoms with van der Waals surface area (Å²) in [5.74, 6) is -0.546. The molecule has 1 heterocycles. The summed E-state index contributed by atoms with van der Waals surface area (Å²) in [6, 6.07) is 18.9. The molecule has 3 N–H and O–H groups in total. The molecule has 0 aliphatic carbocycles. The quantitative estimate of drug-likeness (QED) is 0.301. The number of rotatable bonds is 9. The SMILES string of the molecule is O=C(Nc1ccc(S(=O)(=O)NCc2ccco2)cc1)c1ccc(S(=O)(=O)Nc2ccc(F)cc2)cc1. The first kappa shape index (κ1) is 25.1. The summed E-state index contributed by atoms with van der Waals surface area (Å²) in [5.41, 5.74) is 0.729. The van der Waals surface area contributed by atoms with Crippen molar-refractivity contribution in [2.75, 3.05) is 10.0 Å². The van der Waals surface area contributed by atoms with Crippen LogP contribution in [0.15, 0.2) is 105 Å². The third-order valence-corrected chi connectivity index (χ3v) is 7.78. The summed E-state index contributed by atoms with van der Waals surface area (Å²) in [7, 11) is -7.72. The van der Waals surface area contributed by atoms with Gasteiger partial charge in [0.15, 0.2) is 0 Å². The monoisotopic (exact) mass is 529 g/mol. The predicted molar refractivity (Wildman–Crippen MR) is 131 cm³/mol. The standard InChI is InChI=1S/C24H20FN3O6S2/c25-18-5-7-20(8-6-18)28-36(32,33)23-11-3-17(4-12-23)24(29)27-19-9-13-22(14-10-19)35(30,31)26-16-21-2-1-15-34-21/h1-15,26,28H,16H2,(H,27,29). The zero-order valence-electron chi connectivity index (χ0n) is 18.5. The highest BCUT2D eigenvalue weighted by Gasteiger charge is 2.17. The molecule has 0 atom stereocenters. The first-order chi connectivity index (χ1) is 17.1. The number of sulfonamides is 2. The van der Waals surface area contributed by atoms with Gasteiger partial charge < -0.3 is 9.73 Å². The highest BCUT2D eigenvalue weighted by molar-refractivity contribution is 7.92. The maximum absolute atomic E-state index is 13.0. The maximum atomic E-state index is 13.0. The zero-order valence-corrected chi connectivity index (χ0v) is 20.1. The number of nitrogens with one attached hydrogen (secondary N) is 3. The van der Waals surface area contributed by atoms with E-state index in [1.807, 2.05) is 0 Å².